The third-order valence-corrected chi connectivity index (χ3v) is 5.50. The van der Waals surface area contributed by atoms with Gasteiger partial charge >= 0.3 is 0 Å². The first-order valence-electron chi connectivity index (χ1n) is 10.2. The highest BCUT2D eigenvalue weighted by Crippen LogP contribution is 2.41. The molecule has 0 unspecified atom stereocenters. The van der Waals surface area contributed by atoms with Crippen molar-refractivity contribution in [1.82, 2.24) is 0 Å². The van der Waals surface area contributed by atoms with Crippen LogP contribution in [0, 0.1) is 6.92 Å². The number of carbonyl (C=O) groups excluding carboxylic acids is 1. The largest absolute Gasteiger partial charge is 0.504 e. The molecule has 0 aliphatic carbocycles. The number of phenolic OH excluding ortho intramolecular Hbond substituents is 1. The number of rotatable bonds is 7. The summed E-state index contributed by atoms with van der Waals surface area (Å²) < 4.78 is 27.3. The number of aromatic hydroxyl groups is 1. The molecule has 4 aromatic rings. The zero-order valence-corrected chi connectivity index (χ0v) is 19.0. The van der Waals surface area contributed by atoms with Gasteiger partial charge in [0, 0.05) is 22.6 Å². The van der Waals surface area contributed by atoms with E-state index in [-0.39, 0.29) is 17.3 Å². The minimum atomic E-state index is -0.334. The summed E-state index contributed by atoms with van der Waals surface area (Å²) in [5, 5.41) is 11.1. The lowest BCUT2D eigenvalue weighted by Gasteiger charge is -2.12. The second kappa shape index (κ2) is 8.78. The average Bonchev–Trinajstić information content (AvgIpc) is 3.21. The molecule has 0 fully saturated rings. The average molecular weight is 448 g/mol. The van der Waals surface area contributed by atoms with Crippen LogP contribution >= 0.6 is 0 Å². The Labute approximate surface area is 191 Å². The monoisotopic (exact) mass is 448 g/mol. The van der Waals surface area contributed by atoms with Crippen LogP contribution in [0.2, 0.25) is 0 Å². The molecule has 0 aliphatic heterocycles. The molecule has 170 valence electrons. The molecule has 7 nitrogen and oxygen atoms in total. The number of furan rings is 1. The summed E-state index contributed by atoms with van der Waals surface area (Å²) in [5.74, 6) is 1.69. The molecule has 0 aliphatic rings. The third-order valence-electron chi connectivity index (χ3n) is 5.50. The second-order valence-corrected chi connectivity index (χ2v) is 7.41. The maximum absolute atomic E-state index is 13.7. The summed E-state index contributed by atoms with van der Waals surface area (Å²) in [6, 6.07) is 13.6. The van der Waals surface area contributed by atoms with E-state index >= 15 is 0 Å². The number of benzene rings is 3. The SMILES string of the molecule is COc1ccc2c(-c3ccc(OC)c(O)c3)c(C(=O)c3cc(C)c(OC)c(OC)c3)oc2c1. The van der Waals surface area contributed by atoms with Crippen molar-refractivity contribution in [2.24, 2.45) is 0 Å². The van der Waals surface area contributed by atoms with Crippen LogP contribution in [-0.2, 0) is 0 Å². The molecular weight excluding hydrogens is 424 g/mol. The number of ether oxygens (including phenoxy) is 4. The molecule has 0 spiro atoms. The second-order valence-electron chi connectivity index (χ2n) is 7.41. The van der Waals surface area contributed by atoms with Gasteiger partial charge in [0.05, 0.1) is 28.4 Å². The van der Waals surface area contributed by atoms with Gasteiger partial charge in [-0.3, -0.25) is 4.79 Å². The molecule has 0 amide bonds. The van der Waals surface area contributed by atoms with Crippen molar-refractivity contribution in [1.29, 1.82) is 0 Å². The number of hydrogen-bond donors (Lipinski definition) is 1. The molecule has 4 rings (SSSR count). The molecule has 0 atom stereocenters. The Morgan fingerprint density at radius 2 is 1.61 bits per heavy atom. The summed E-state index contributed by atoms with van der Waals surface area (Å²) in [7, 11) is 6.10. The summed E-state index contributed by atoms with van der Waals surface area (Å²) in [6.07, 6.45) is 0. The molecule has 0 saturated carbocycles. The molecule has 0 saturated heterocycles. The van der Waals surface area contributed by atoms with Gasteiger partial charge in [0.1, 0.15) is 11.3 Å². The highest BCUT2D eigenvalue weighted by molar-refractivity contribution is 6.16. The first-order valence-corrected chi connectivity index (χ1v) is 10.2. The molecule has 1 aromatic heterocycles. The van der Waals surface area contributed by atoms with Crippen LogP contribution in [0.1, 0.15) is 21.7 Å². The zero-order valence-electron chi connectivity index (χ0n) is 19.0. The normalized spacial score (nSPS) is 10.8. The van der Waals surface area contributed by atoms with E-state index < -0.39 is 0 Å². The maximum atomic E-state index is 13.7. The molecule has 0 bridgehead atoms. The molecule has 7 heteroatoms. The van der Waals surface area contributed by atoms with E-state index in [1.807, 2.05) is 13.0 Å². The standard InChI is InChI=1S/C26H24O7/c1-14-10-16(12-22(31-4)25(14)32-5)24(28)26-23(15-6-9-20(30-3)19(27)11-15)18-8-7-17(29-2)13-21(18)33-26/h6-13,27H,1-5H3. The van der Waals surface area contributed by atoms with Crippen molar-refractivity contribution in [3.05, 3.63) is 65.4 Å². The van der Waals surface area contributed by atoms with Crippen molar-refractivity contribution < 1.29 is 33.3 Å². The predicted molar refractivity (Wildman–Crippen MR) is 124 cm³/mol. The number of fused-ring (bicyclic) bond motifs is 1. The van der Waals surface area contributed by atoms with E-state index in [1.165, 1.54) is 14.2 Å². The van der Waals surface area contributed by atoms with Crippen molar-refractivity contribution in [3.8, 4) is 39.9 Å². The van der Waals surface area contributed by atoms with Gasteiger partial charge in [0.25, 0.3) is 0 Å². The van der Waals surface area contributed by atoms with Gasteiger partial charge in [-0.05, 0) is 54.4 Å². The van der Waals surface area contributed by atoms with E-state index in [0.29, 0.717) is 50.7 Å². The fraction of sp³-hybridized carbons (Fsp3) is 0.192. The molecular formula is C26H24O7. The minimum Gasteiger partial charge on any atom is -0.504 e. The summed E-state index contributed by atoms with van der Waals surface area (Å²) in [6.45, 7) is 1.84. The van der Waals surface area contributed by atoms with Gasteiger partial charge in [-0.15, -0.1) is 0 Å². The topological polar surface area (TPSA) is 87.4 Å². The number of phenols is 1. The molecule has 3 aromatic carbocycles. The van der Waals surface area contributed by atoms with Gasteiger partial charge in [-0.25, -0.2) is 0 Å². The van der Waals surface area contributed by atoms with E-state index in [2.05, 4.69) is 0 Å². The molecule has 1 N–H and O–H groups in total. The summed E-state index contributed by atoms with van der Waals surface area (Å²) in [4.78, 5) is 13.7. The fourth-order valence-corrected chi connectivity index (χ4v) is 3.91. The van der Waals surface area contributed by atoms with E-state index in [9.17, 15) is 9.90 Å². The minimum absolute atomic E-state index is 0.0433. The van der Waals surface area contributed by atoms with Gasteiger partial charge in [0.2, 0.25) is 5.78 Å². The van der Waals surface area contributed by atoms with Crippen molar-refractivity contribution in [3.63, 3.8) is 0 Å². The Hall–Kier alpha value is -4.13. The van der Waals surface area contributed by atoms with Crippen LogP contribution in [0.3, 0.4) is 0 Å². The summed E-state index contributed by atoms with van der Waals surface area (Å²) in [5.41, 5.74) is 2.79. The fourth-order valence-electron chi connectivity index (χ4n) is 3.91. The number of ketones is 1. The highest BCUT2D eigenvalue weighted by Gasteiger charge is 2.25. The Morgan fingerprint density at radius 1 is 0.848 bits per heavy atom. The van der Waals surface area contributed by atoms with Crippen molar-refractivity contribution >= 4 is 16.8 Å². The van der Waals surface area contributed by atoms with Crippen LogP contribution < -0.4 is 18.9 Å². The smallest absolute Gasteiger partial charge is 0.229 e. The Morgan fingerprint density at radius 3 is 2.24 bits per heavy atom. The third kappa shape index (κ3) is 3.82. The lowest BCUT2D eigenvalue weighted by atomic mass is 9.96. The molecule has 33 heavy (non-hydrogen) atoms. The van der Waals surface area contributed by atoms with Gasteiger partial charge in [0.15, 0.2) is 28.8 Å². The van der Waals surface area contributed by atoms with Gasteiger partial charge < -0.3 is 28.5 Å². The lowest BCUT2D eigenvalue weighted by Crippen LogP contribution is -2.04. The van der Waals surface area contributed by atoms with Crippen LogP contribution in [0.15, 0.2) is 52.9 Å². The quantitative estimate of drug-likeness (QED) is 0.380. The van der Waals surface area contributed by atoms with Gasteiger partial charge in [-0.1, -0.05) is 6.07 Å². The van der Waals surface area contributed by atoms with Crippen LogP contribution in [0.5, 0.6) is 28.7 Å². The first-order chi connectivity index (χ1) is 15.9. The summed E-state index contributed by atoms with van der Waals surface area (Å²) >= 11 is 0. The first kappa shape index (κ1) is 22.1. The Balaban J connectivity index is 1.95. The highest BCUT2D eigenvalue weighted by atomic mass is 16.5. The van der Waals surface area contributed by atoms with E-state index in [0.717, 1.165) is 5.56 Å². The molecule has 0 radical (unpaired) electrons. The lowest BCUT2D eigenvalue weighted by molar-refractivity contribution is 0.101. The van der Waals surface area contributed by atoms with Crippen molar-refractivity contribution in [2.75, 3.05) is 28.4 Å². The number of carbonyl (C=O) groups is 1. The zero-order chi connectivity index (χ0) is 23.7. The van der Waals surface area contributed by atoms with Crippen LogP contribution in [0.4, 0.5) is 0 Å². The number of aryl methyl sites for hydroxylation is 1. The van der Waals surface area contributed by atoms with E-state index in [4.69, 9.17) is 23.4 Å². The van der Waals surface area contributed by atoms with Crippen LogP contribution in [-0.4, -0.2) is 39.3 Å². The number of hydrogen-bond acceptors (Lipinski definition) is 7. The molecule has 1 heterocycles. The maximum Gasteiger partial charge on any atom is 0.229 e. The van der Waals surface area contributed by atoms with Gasteiger partial charge in [-0.2, -0.15) is 0 Å². The van der Waals surface area contributed by atoms with E-state index in [1.54, 1.807) is 56.7 Å². The Bertz CT molecular complexity index is 1350. The van der Waals surface area contributed by atoms with Crippen molar-refractivity contribution in [2.45, 2.75) is 6.92 Å². The van der Waals surface area contributed by atoms with Crippen LogP contribution in [0.25, 0.3) is 22.1 Å². The number of methoxy groups -OCH3 is 4. The predicted octanol–water partition coefficient (Wildman–Crippen LogP) is 5.38. The Kier molecular flexibility index (Phi) is 5.87.